The number of nitrogens with one attached hydrogen (secondary N) is 1. The SMILES string of the molecule is CN(Cc1ccccc1C(=N)N)CC1(O)CCOCC1. The molecule has 0 bridgehead atoms. The molecule has 1 aromatic rings. The van der Waals surface area contributed by atoms with Gasteiger partial charge in [-0.15, -0.1) is 0 Å². The minimum absolute atomic E-state index is 0.0822. The highest BCUT2D eigenvalue weighted by Crippen LogP contribution is 2.22. The van der Waals surface area contributed by atoms with Gasteiger partial charge in [0.1, 0.15) is 5.84 Å². The van der Waals surface area contributed by atoms with Crippen LogP contribution < -0.4 is 5.73 Å². The molecular formula is C15H23N3O2. The van der Waals surface area contributed by atoms with E-state index in [4.69, 9.17) is 15.9 Å². The van der Waals surface area contributed by atoms with Crippen LogP contribution in [0.15, 0.2) is 24.3 Å². The van der Waals surface area contributed by atoms with Crippen molar-refractivity contribution in [1.29, 1.82) is 5.41 Å². The minimum atomic E-state index is -0.668. The third-order valence-corrected chi connectivity index (χ3v) is 3.74. The van der Waals surface area contributed by atoms with Gasteiger partial charge in [-0.05, 0) is 12.6 Å². The number of ether oxygens (including phenoxy) is 1. The Hall–Kier alpha value is -1.43. The Morgan fingerprint density at radius 2 is 2.05 bits per heavy atom. The van der Waals surface area contributed by atoms with Crippen LogP contribution in [0.25, 0.3) is 0 Å². The van der Waals surface area contributed by atoms with Crippen LogP contribution >= 0.6 is 0 Å². The van der Waals surface area contributed by atoms with Crippen molar-refractivity contribution >= 4 is 5.84 Å². The quantitative estimate of drug-likeness (QED) is 0.552. The fourth-order valence-corrected chi connectivity index (χ4v) is 2.68. The molecule has 1 saturated heterocycles. The van der Waals surface area contributed by atoms with Gasteiger partial charge < -0.3 is 15.6 Å². The average molecular weight is 277 g/mol. The van der Waals surface area contributed by atoms with Crippen LogP contribution in [0.2, 0.25) is 0 Å². The summed E-state index contributed by atoms with van der Waals surface area (Å²) in [4.78, 5) is 2.08. The van der Waals surface area contributed by atoms with Crippen molar-refractivity contribution in [1.82, 2.24) is 4.90 Å². The maximum atomic E-state index is 10.5. The van der Waals surface area contributed by atoms with Gasteiger partial charge in [0.2, 0.25) is 0 Å². The molecule has 2 rings (SSSR count). The van der Waals surface area contributed by atoms with Crippen LogP contribution in [-0.4, -0.2) is 48.2 Å². The second-order valence-electron chi connectivity index (χ2n) is 5.58. The Balaban J connectivity index is 2.01. The van der Waals surface area contributed by atoms with Crippen LogP contribution in [0.4, 0.5) is 0 Å². The smallest absolute Gasteiger partial charge is 0.123 e. The lowest BCUT2D eigenvalue weighted by molar-refractivity contribution is -0.0777. The summed E-state index contributed by atoms with van der Waals surface area (Å²) in [6, 6.07) is 7.65. The monoisotopic (exact) mass is 277 g/mol. The molecule has 0 atom stereocenters. The summed E-state index contributed by atoms with van der Waals surface area (Å²) in [6.45, 7) is 2.50. The zero-order valence-electron chi connectivity index (χ0n) is 11.9. The van der Waals surface area contributed by atoms with Gasteiger partial charge in [-0.25, -0.2) is 0 Å². The first-order valence-electron chi connectivity index (χ1n) is 6.91. The summed E-state index contributed by atoms with van der Waals surface area (Å²) in [7, 11) is 1.98. The standard InChI is InChI=1S/C15H23N3O2/c1-18(11-15(19)6-8-20-9-7-15)10-12-4-2-3-5-13(12)14(16)17/h2-5,19H,6-11H2,1H3,(H3,16,17). The molecule has 4 N–H and O–H groups in total. The molecule has 5 heteroatoms. The van der Waals surface area contributed by atoms with E-state index in [-0.39, 0.29) is 5.84 Å². The Morgan fingerprint density at radius 1 is 1.40 bits per heavy atom. The van der Waals surface area contributed by atoms with Crippen molar-refractivity contribution in [2.75, 3.05) is 26.8 Å². The predicted octanol–water partition coefficient (Wildman–Crippen LogP) is 0.944. The molecule has 1 fully saturated rings. The fourth-order valence-electron chi connectivity index (χ4n) is 2.68. The van der Waals surface area contributed by atoms with E-state index in [1.54, 1.807) is 0 Å². The number of hydrogen-bond donors (Lipinski definition) is 3. The van der Waals surface area contributed by atoms with Crippen molar-refractivity contribution in [3.05, 3.63) is 35.4 Å². The highest BCUT2D eigenvalue weighted by molar-refractivity contribution is 5.96. The van der Waals surface area contributed by atoms with Crippen molar-refractivity contribution in [3.63, 3.8) is 0 Å². The van der Waals surface area contributed by atoms with Gasteiger partial charge in [0.25, 0.3) is 0 Å². The lowest BCUT2D eigenvalue weighted by Crippen LogP contribution is -2.45. The van der Waals surface area contributed by atoms with Gasteiger partial charge in [0.05, 0.1) is 5.60 Å². The van der Waals surface area contributed by atoms with Crippen molar-refractivity contribution in [3.8, 4) is 0 Å². The fraction of sp³-hybridized carbons (Fsp3) is 0.533. The largest absolute Gasteiger partial charge is 0.388 e. The van der Waals surface area contributed by atoms with Crippen LogP contribution in [-0.2, 0) is 11.3 Å². The van der Waals surface area contributed by atoms with Gasteiger partial charge in [0, 0.05) is 44.7 Å². The molecule has 0 saturated carbocycles. The van der Waals surface area contributed by atoms with E-state index in [1.807, 2.05) is 31.3 Å². The van der Waals surface area contributed by atoms with E-state index in [0.717, 1.165) is 11.1 Å². The molecule has 1 aliphatic rings. The number of benzene rings is 1. The maximum absolute atomic E-state index is 10.5. The van der Waals surface area contributed by atoms with E-state index in [1.165, 1.54) is 0 Å². The van der Waals surface area contributed by atoms with Crippen molar-refractivity contribution in [2.24, 2.45) is 5.73 Å². The molecule has 1 heterocycles. The summed E-state index contributed by atoms with van der Waals surface area (Å²) < 4.78 is 5.29. The van der Waals surface area contributed by atoms with Gasteiger partial charge in [-0.2, -0.15) is 0 Å². The molecule has 20 heavy (non-hydrogen) atoms. The first-order valence-corrected chi connectivity index (χ1v) is 6.91. The van der Waals surface area contributed by atoms with Crippen LogP contribution in [0.5, 0.6) is 0 Å². The average Bonchev–Trinajstić information content (AvgIpc) is 2.39. The Morgan fingerprint density at radius 3 is 2.70 bits per heavy atom. The molecule has 0 amide bonds. The Labute approximate surface area is 119 Å². The molecule has 5 nitrogen and oxygen atoms in total. The van der Waals surface area contributed by atoms with Gasteiger partial charge in [-0.3, -0.25) is 10.3 Å². The highest BCUT2D eigenvalue weighted by Gasteiger charge is 2.31. The van der Waals surface area contributed by atoms with Crippen LogP contribution in [0, 0.1) is 5.41 Å². The molecule has 1 aromatic carbocycles. The maximum Gasteiger partial charge on any atom is 0.123 e. The molecule has 0 aliphatic carbocycles. The molecule has 110 valence electrons. The number of hydrogen-bond acceptors (Lipinski definition) is 4. The number of aliphatic hydroxyl groups is 1. The van der Waals surface area contributed by atoms with Crippen LogP contribution in [0.1, 0.15) is 24.0 Å². The highest BCUT2D eigenvalue weighted by atomic mass is 16.5. The number of nitrogens with zero attached hydrogens (tertiary/aromatic N) is 1. The van der Waals surface area contributed by atoms with E-state index >= 15 is 0 Å². The first-order chi connectivity index (χ1) is 9.50. The zero-order valence-corrected chi connectivity index (χ0v) is 11.9. The first kappa shape index (κ1) is 15.0. The summed E-state index contributed by atoms with van der Waals surface area (Å²) >= 11 is 0. The molecule has 0 unspecified atom stereocenters. The lowest BCUT2D eigenvalue weighted by Gasteiger charge is -2.35. The Bertz CT molecular complexity index is 470. The zero-order chi connectivity index (χ0) is 14.6. The number of nitrogens with two attached hydrogens (primary N) is 1. The van der Waals surface area contributed by atoms with Gasteiger partial charge >= 0.3 is 0 Å². The summed E-state index contributed by atoms with van der Waals surface area (Å²) in [6.07, 6.45) is 1.34. The Kier molecular flexibility index (Phi) is 4.75. The van der Waals surface area contributed by atoms with E-state index in [9.17, 15) is 5.11 Å². The second-order valence-corrected chi connectivity index (χ2v) is 5.58. The van der Waals surface area contributed by atoms with Crippen molar-refractivity contribution in [2.45, 2.75) is 25.0 Å². The molecule has 0 radical (unpaired) electrons. The molecule has 0 aromatic heterocycles. The number of rotatable bonds is 5. The summed E-state index contributed by atoms with van der Waals surface area (Å²) in [5.41, 5.74) is 6.71. The molecular weight excluding hydrogens is 254 g/mol. The van der Waals surface area contributed by atoms with Gasteiger partial charge in [-0.1, -0.05) is 24.3 Å². The van der Waals surface area contributed by atoms with E-state index in [0.29, 0.717) is 39.1 Å². The number of likely N-dealkylation sites (N-methyl/N-ethyl adjacent to an activating group) is 1. The van der Waals surface area contributed by atoms with Crippen LogP contribution in [0.3, 0.4) is 0 Å². The van der Waals surface area contributed by atoms with Crippen molar-refractivity contribution < 1.29 is 9.84 Å². The topological polar surface area (TPSA) is 82.6 Å². The van der Waals surface area contributed by atoms with Gasteiger partial charge in [0.15, 0.2) is 0 Å². The lowest BCUT2D eigenvalue weighted by atomic mass is 9.93. The second kappa shape index (κ2) is 6.35. The van der Waals surface area contributed by atoms with E-state index in [2.05, 4.69) is 4.90 Å². The summed E-state index contributed by atoms with van der Waals surface area (Å²) in [5, 5.41) is 18.1. The molecule has 1 aliphatic heterocycles. The van der Waals surface area contributed by atoms with E-state index < -0.39 is 5.60 Å². The minimum Gasteiger partial charge on any atom is -0.388 e. The molecule has 0 spiro atoms. The summed E-state index contributed by atoms with van der Waals surface area (Å²) in [5.74, 6) is 0.0822. The normalized spacial score (nSPS) is 18.1. The third kappa shape index (κ3) is 3.79. The number of amidine groups is 1. The number of nitrogen functional groups attached to an aromatic ring is 1. The third-order valence-electron chi connectivity index (χ3n) is 3.74. The predicted molar refractivity (Wildman–Crippen MR) is 78.8 cm³/mol.